The molecule has 0 radical (unpaired) electrons. The second-order valence-corrected chi connectivity index (χ2v) is 5.35. The zero-order chi connectivity index (χ0) is 15.7. The van der Waals surface area contributed by atoms with Crippen molar-refractivity contribution >= 4 is 11.9 Å². The Morgan fingerprint density at radius 1 is 1.19 bits per heavy atom. The number of nitrogens with zero attached hydrogens (tertiary/aromatic N) is 1. The lowest BCUT2D eigenvalue weighted by molar-refractivity contribution is -0.133. The summed E-state index contributed by atoms with van der Waals surface area (Å²) in [4.78, 5) is 24.7. The lowest BCUT2D eigenvalue weighted by atomic mass is 10.1. The summed E-state index contributed by atoms with van der Waals surface area (Å²) in [6, 6.07) is 9.63. The minimum atomic E-state index is -0.519. The summed E-state index contributed by atoms with van der Waals surface area (Å²) in [7, 11) is 0. The first-order valence-corrected chi connectivity index (χ1v) is 7.37. The van der Waals surface area contributed by atoms with Gasteiger partial charge in [-0.3, -0.25) is 4.79 Å². The van der Waals surface area contributed by atoms with Gasteiger partial charge in [0.2, 0.25) is 5.91 Å². The van der Waals surface area contributed by atoms with E-state index in [0.29, 0.717) is 19.5 Å². The molecule has 0 aliphatic rings. The molecule has 0 saturated carbocycles. The number of primary amides is 1. The molecule has 0 saturated heterocycles. The molecule has 0 aromatic heterocycles. The fourth-order valence-corrected chi connectivity index (χ4v) is 2.10. The Morgan fingerprint density at radius 2 is 1.86 bits per heavy atom. The van der Waals surface area contributed by atoms with E-state index in [-0.39, 0.29) is 11.9 Å². The van der Waals surface area contributed by atoms with Crippen LogP contribution in [0.3, 0.4) is 0 Å². The van der Waals surface area contributed by atoms with Gasteiger partial charge in [-0.2, -0.15) is 0 Å². The Hall–Kier alpha value is -2.04. The summed E-state index contributed by atoms with van der Waals surface area (Å²) in [5, 5.41) is 2.53. The highest BCUT2D eigenvalue weighted by Gasteiger charge is 2.16. The summed E-state index contributed by atoms with van der Waals surface area (Å²) in [6.07, 6.45) is 1.99. The number of benzene rings is 1. The van der Waals surface area contributed by atoms with Crippen LogP contribution in [0.25, 0.3) is 0 Å². The number of unbranched alkanes of at least 4 members (excludes halogenated alkanes) is 1. The molecule has 0 bridgehead atoms. The van der Waals surface area contributed by atoms with E-state index >= 15 is 0 Å². The van der Waals surface area contributed by atoms with Gasteiger partial charge in [0.05, 0.1) is 0 Å². The predicted octanol–water partition coefficient (Wildman–Crippen LogP) is 2.26. The van der Waals surface area contributed by atoms with E-state index in [9.17, 15) is 9.59 Å². The molecule has 1 rings (SSSR count). The molecule has 0 unspecified atom stereocenters. The molecular weight excluding hydrogens is 266 g/mol. The molecule has 0 aliphatic carbocycles. The monoisotopic (exact) mass is 291 g/mol. The van der Waals surface area contributed by atoms with Gasteiger partial charge in [0.25, 0.3) is 0 Å². The summed E-state index contributed by atoms with van der Waals surface area (Å²) >= 11 is 0. The van der Waals surface area contributed by atoms with Crippen molar-refractivity contribution in [2.24, 2.45) is 5.73 Å². The molecule has 0 atom stereocenters. The van der Waals surface area contributed by atoms with Crippen LogP contribution in [0.1, 0.15) is 38.7 Å². The average Bonchev–Trinajstić information content (AvgIpc) is 2.44. The maximum atomic E-state index is 12.3. The molecule has 1 aromatic carbocycles. The van der Waals surface area contributed by atoms with Crippen molar-refractivity contribution in [3.05, 3.63) is 35.9 Å². The highest BCUT2D eigenvalue weighted by molar-refractivity contribution is 5.76. The Kier molecular flexibility index (Phi) is 7.29. The highest BCUT2D eigenvalue weighted by Crippen LogP contribution is 2.11. The van der Waals surface area contributed by atoms with Crippen molar-refractivity contribution in [2.75, 3.05) is 6.54 Å². The number of carbonyl (C=O) groups excluding carboxylic acids is 2. The van der Waals surface area contributed by atoms with Gasteiger partial charge in [-0.1, -0.05) is 30.3 Å². The first kappa shape index (κ1) is 17.0. The van der Waals surface area contributed by atoms with E-state index in [1.165, 1.54) is 0 Å². The van der Waals surface area contributed by atoms with Crippen molar-refractivity contribution < 1.29 is 9.59 Å². The zero-order valence-electron chi connectivity index (χ0n) is 12.8. The third-order valence-electron chi connectivity index (χ3n) is 3.26. The largest absolute Gasteiger partial charge is 0.352 e. The number of nitrogens with one attached hydrogen (secondary N) is 1. The number of carbonyl (C=O) groups is 2. The highest BCUT2D eigenvalue weighted by atomic mass is 16.2. The third-order valence-corrected chi connectivity index (χ3v) is 3.26. The normalized spacial score (nSPS) is 10.4. The molecule has 0 aliphatic heterocycles. The van der Waals surface area contributed by atoms with Gasteiger partial charge in [-0.05, 0) is 32.3 Å². The van der Waals surface area contributed by atoms with Gasteiger partial charge < -0.3 is 16.0 Å². The number of rotatable bonds is 8. The van der Waals surface area contributed by atoms with Crippen LogP contribution < -0.4 is 11.1 Å². The molecule has 1 aromatic rings. The first-order chi connectivity index (χ1) is 10.0. The summed E-state index contributed by atoms with van der Waals surface area (Å²) in [5.74, 6) is 0.146. The molecule has 0 heterocycles. The number of nitrogens with two attached hydrogens (primary N) is 1. The van der Waals surface area contributed by atoms with E-state index < -0.39 is 6.03 Å². The van der Waals surface area contributed by atoms with E-state index in [1.54, 1.807) is 0 Å². The van der Waals surface area contributed by atoms with Gasteiger partial charge in [0.15, 0.2) is 0 Å². The molecule has 5 heteroatoms. The average molecular weight is 291 g/mol. The van der Waals surface area contributed by atoms with E-state index in [2.05, 4.69) is 5.32 Å². The third kappa shape index (κ3) is 6.79. The molecule has 3 N–H and O–H groups in total. The minimum Gasteiger partial charge on any atom is -0.352 e. The first-order valence-electron chi connectivity index (χ1n) is 7.37. The lowest BCUT2D eigenvalue weighted by Gasteiger charge is -2.27. The fraction of sp³-hybridized carbons (Fsp3) is 0.500. The quantitative estimate of drug-likeness (QED) is 0.721. The van der Waals surface area contributed by atoms with Gasteiger partial charge in [0.1, 0.15) is 0 Å². The number of hydrogen-bond acceptors (Lipinski definition) is 2. The van der Waals surface area contributed by atoms with Crippen LogP contribution in [0.5, 0.6) is 0 Å². The smallest absolute Gasteiger partial charge is 0.312 e. The fourth-order valence-electron chi connectivity index (χ4n) is 2.10. The maximum absolute atomic E-state index is 12.3. The van der Waals surface area contributed by atoms with Crippen molar-refractivity contribution in [1.82, 2.24) is 10.2 Å². The Bertz CT molecular complexity index is 446. The van der Waals surface area contributed by atoms with Crippen molar-refractivity contribution in [3.8, 4) is 0 Å². The van der Waals surface area contributed by atoms with Crippen molar-refractivity contribution in [2.45, 2.75) is 45.7 Å². The van der Waals surface area contributed by atoms with Gasteiger partial charge >= 0.3 is 6.03 Å². The zero-order valence-corrected chi connectivity index (χ0v) is 12.8. The van der Waals surface area contributed by atoms with Crippen molar-refractivity contribution in [3.63, 3.8) is 0 Å². The van der Waals surface area contributed by atoms with E-state index in [4.69, 9.17) is 5.73 Å². The molecule has 21 heavy (non-hydrogen) atoms. The SMILES string of the molecule is CC(C)N(Cc1ccccc1)C(=O)CCCCNC(N)=O. The Balaban J connectivity index is 2.41. The topological polar surface area (TPSA) is 75.4 Å². The molecule has 0 spiro atoms. The summed E-state index contributed by atoms with van der Waals surface area (Å²) < 4.78 is 0. The minimum absolute atomic E-state index is 0.146. The van der Waals surface area contributed by atoms with E-state index in [1.807, 2.05) is 49.1 Å². The van der Waals surface area contributed by atoms with Crippen LogP contribution in [0, 0.1) is 0 Å². The maximum Gasteiger partial charge on any atom is 0.312 e. The van der Waals surface area contributed by atoms with Crippen LogP contribution >= 0.6 is 0 Å². The molecule has 116 valence electrons. The predicted molar refractivity (Wildman–Crippen MR) is 83.6 cm³/mol. The Labute approximate surface area is 126 Å². The number of amides is 3. The van der Waals surface area contributed by atoms with Crippen LogP contribution in [-0.2, 0) is 11.3 Å². The van der Waals surface area contributed by atoms with Gasteiger partial charge in [-0.25, -0.2) is 4.79 Å². The molecular formula is C16H25N3O2. The molecule has 0 fully saturated rings. The second-order valence-electron chi connectivity index (χ2n) is 5.35. The second kappa shape index (κ2) is 9.00. The van der Waals surface area contributed by atoms with E-state index in [0.717, 1.165) is 18.4 Å². The van der Waals surface area contributed by atoms with Gasteiger partial charge in [-0.15, -0.1) is 0 Å². The number of urea groups is 1. The summed E-state index contributed by atoms with van der Waals surface area (Å²) in [6.45, 7) is 5.20. The summed E-state index contributed by atoms with van der Waals surface area (Å²) in [5.41, 5.74) is 6.12. The van der Waals surface area contributed by atoms with Gasteiger partial charge in [0, 0.05) is 25.6 Å². The van der Waals surface area contributed by atoms with Crippen LogP contribution in [-0.4, -0.2) is 29.4 Å². The van der Waals surface area contributed by atoms with Crippen LogP contribution in [0.4, 0.5) is 4.79 Å². The molecule has 5 nitrogen and oxygen atoms in total. The lowest BCUT2D eigenvalue weighted by Crippen LogP contribution is -2.36. The van der Waals surface area contributed by atoms with Crippen molar-refractivity contribution in [1.29, 1.82) is 0 Å². The molecule has 3 amide bonds. The number of hydrogen-bond donors (Lipinski definition) is 2. The Morgan fingerprint density at radius 3 is 2.43 bits per heavy atom. The van der Waals surface area contributed by atoms with Crippen LogP contribution in [0.2, 0.25) is 0 Å². The standard InChI is InChI=1S/C16H25N3O2/c1-13(2)19(12-14-8-4-3-5-9-14)15(20)10-6-7-11-18-16(17)21/h3-5,8-9,13H,6-7,10-12H2,1-2H3,(H3,17,18,21). The van der Waals surface area contributed by atoms with Crippen LogP contribution in [0.15, 0.2) is 30.3 Å².